The summed E-state index contributed by atoms with van der Waals surface area (Å²) in [4.78, 5) is 15.2. The Balaban J connectivity index is 1.53. The molecule has 0 aliphatic carbocycles. The summed E-state index contributed by atoms with van der Waals surface area (Å²) >= 11 is 0. The van der Waals surface area contributed by atoms with E-state index in [0.29, 0.717) is 11.9 Å². The molecule has 0 saturated carbocycles. The number of piperidine rings is 1. The van der Waals surface area contributed by atoms with Crippen LogP contribution < -0.4 is 0 Å². The zero-order valence-corrected chi connectivity index (χ0v) is 16.5. The largest absolute Gasteiger partial charge is 0.463 e. The first-order chi connectivity index (χ1) is 14.3. The summed E-state index contributed by atoms with van der Waals surface area (Å²) in [5.74, 6) is 2.31. The summed E-state index contributed by atoms with van der Waals surface area (Å²) in [7, 11) is 0. The van der Waals surface area contributed by atoms with Crippen molar-refractivity contribution in [2.24, 2.45) is 0 Å². The minimum atomic E-state index is 0.327. The van der Waals surface area contributed by atoms with Gasteiger partial charge in [0.15, 0.2) is 11.6 Å². The third-order valence-corrected chi connectivity index (χ3v) is 5.59. The molecule has 0 spiro atoms. The van der Waals surface area contributed by atoms with Crippen LogP contribution in [-0.2, 0) is 0 Å². The third kappa shape index (κ3) is 3.49. The van der Waals surface area contributed by atoms with E-state index >= 15 is 0 Å². The van der Waals surface area contributed by atoms with E-state index in [-0.39, 0.29) is 0 Å². The van der Waals surface area contributed by atoms with Gasteiger partial charge < -0.3 is 14.3 Å². The van der Waals surface area contributed by atoms with E-state index in [1.807, 2.05) is 42.5 Å². The molecule has 4 aromatic heterocycles. The molecule has 148 valence electrons. The highest BCUT2D eigenvalue weighted by Gasteiger charge is 2.25. The third-order valence-electron chi connectivity index (χ3n) is 5.59. The van der Waals surface area contributed by atoms with Crippen molar-refractivity contribution >= 4 is 0 Å². The SMILES string of the molecule is CCN1CCC(n2nc(-c3ccccn3)nc2-c2ccc(-c3ccco3)[nH]2)CC1. The molecule has 0 atom stereocenters. The van der Waals surface area contributed by atoms with E-state index in [1.54, 1.807) is 12.5 Å². The van der Waals surface area contributed by atoms with Crippen LogP contribution in [0.2, 0.25) is 0 Å². The first-order valence-corrected chi connectivity index (χ1v) is 10.2. The van der Waals surface area contributed by atoms with E-state index in [0.717, 1.165) is 61.1 Å². The molecular weight excluding hydrogens is 364 g/mol. The number of aromatic nitrogens is 5. The summed E-state index contributed by atoms with van der Waals surface area (Å²) in [6, 6.07) is 14.0. The van der Waals surface area contributed by atoms with Gasteiger partial charge >= 0.3 is 0 Å². The summed E-state index contributed by atoms with van der Waals surface area (Å²) in [5, 5.41) is 4.88. The second-order valence-corrected chi connectivity index (χ2v) is 7.35. The summed E-state index contributed by atoms with van der Waals surface area (Å²) in [6.45, 7) is 5.48. The van der Waals surface area contributed by atoms with E-state index in [4.69, 9.17) is 14.5 Å². The Labute approximate surface area is 169 Å². The van der Waals surface area contributed by atoms with Crippen LogP contribution in [0.15, 0.2) is 59.3 Å². The average molecular weight is 388 g/mol. The maximum absolute atomic E-state index is 5.52. The smallest absolute Gasteiger partial charge is 0.200 e. The van der Waals surface area contributed by atoms with Crippen LogP contribution in [-0.4, -0.2) is 49.3 Å². The minimum Gasteiger partial charge on any atom is -0.463 e. The normalized spacial score (nSPS) is 15.8. The lowest BCUT2D eigenvalue weighted by molar-refractivity contribution is 0.188. The van der Waals surface area contributed by atoms with Gasteiger partial charge in [-0.1, -0.05) is 13.0 Å². The van der Waals surface area contributed by atoms with Crippen LogP contribution in [0.25, 0.3) is 34.5 Å². The lowest BCUT2D eigenvalue weighted by Crippen LogP contribution is -2.34. The number of aromatic amines is 1. The molecule has 1 saturated heterocycles. The fraction of sp³-hybridized carbons (Fsp3) is 0.318. The Morgan fingerprint density at radius 3 is 2.66 bits per heavy atom. The molecule has 0 unspecified atom stereocenters. The zero-order chi connectivity index (χ0) is 19.6. The van der Waals surface area contributed by atoms with Crippen molar-refractivity contribution in [3.05, 3.63) is 54.9 Å². The zero-order valence-electron chi connectivity index (χ0n) is 16.5. The van der Waals surface area contributed by atoms with Crippen LogP contribution in [0.3, 0.4) is 0 Å². The van der Waals surface area contributed by atoms with Crippen molar-refractivity contribution in [3.63, 3.8) is 0 Å². The Hall–Kier alpha value is -3.19. The molecule has 1 fully saturated rings. The number of likely N-dealkylation sites (tertiary alicyclic amines) is 1. The summed E-state index contributed by atoms with van der Waals surface area (Å²) in [6.07, 6.45) is 5.59. The van der Waals surface area contributed by atoms with Crippen molar-refractivity contribution < 1.29 is 4.42 Å². The van der Waals surface area contributed by atoms with Gasteiger partial charge in [0.2, 0.25) is 0 Å². The number of nitrogens with one attached hydrogen (secondary N) is 1. The summed E-state index contributed by atoms with van der Waals surface area (Å²) in [5.41, 5.74) is 2.65. The van der Waals surface area contributed by atoms with Gasteiger partial charge in [-0.2, -0.15) is 0 Å². The van der Waals surface area contributed by atoms with Gasteiger partial charge in [-0.3, -0.25) is 4.98 Å². The molecule has 4 aromatic rings. The molecule has 0 amide bonds. The number of rotatable bonds is 5. The number of hydrogen-bond acceptors (Lipinski definition) is 5. The van der Waals surface area contributed by atoms with Crippen LogP contribution in [0.1, 0.15) is 25.8 Å². The lowest BCUT2D eigenvalue weighted by Gasteiger charge is -2.31. The molecule has 0 bridgehead atoms. The number of nitrogens with zero attached hydrogens (tertiary/aromatic N) is 5. The van der Waals surface area contributed by atoms with Crippen molar-refractivity contribution in [1.82, 2.24) is 29.6 Å². The Kier molecular flexibility index (Phi) is 4.73. The second-order valence-electron chi connectivity index (χ2n) is 7.35. The molecule has 0 radical (unpaired) electrons. The molecule has 5 heterocycles. The van der Waals surface area contributed by atoms with Gasteiger partial charge in [0.25, 0.3) is 0 Å². The van der Waals surface area contributed by atoms with E-state index in [2.05, 4.69) is 26.5 Å². The predicted molar refractivity (Wildman–Crippen MR) is 111 cm³/mol. The molecule has 7 heteroatoms. The van der Waals surface area contributed by atoms with Crippen LogP contribution in [0, 0.1) is 0 Å². The first kappa shape index (κ1) is 17.9. The summed E-state index contributed by atoms with van der Waals surface area (Å²) < 4.78 is 7.62. The van der Waals surface area contributed by atoms with Crippen LogP contribution in [0.5, 0.6) is 0 Å². The van der Waals surface area contributed by atoms with Crippen LogP contribution in [0.4, 0.5) is 0 Å². The highest BCUT2D eigenvalue weighted by molar-refractivity contribution is 5.63. The second kappa shape index (κ2) is 7.67. The standard InChI is InChI=1S/C22H24N6O/c1-2-27-13-10-16(11-14-27)28-22(25-21(26-28)18-6-3-4-12-23-18)19-9-8-17(24-19)20-7-5-15-29-20/h3-9,12,15-16,24H,2,10-11,13-14H2,1H3. The fourth-order valence-corrected chi connectivity index (χ4v) is 3.95. The Bertz CT molecular complexity index is 1060. The van der Waals surface area contributed by atoms with Gasteiger partial charge in [-0.15, -0.1) is 5.10 Å². The highest BCUT2D eigenvalue weighted by Crippen LogP contribution is 2.30. The lowest BCUT2D eigenvalue weighted by atomic mass is 10.1. The van der Waals surface area contributed by atoms with Crippen LogP contribution >= 0.6 is 0 Å². The van der Waals surface area contributed by atoms with Crippen molar-refractivity contribution in [2.45, 2.75) is 25.8 Å². The molecule has 29 heavy (non-hydrogen) atoms. The Morgan fingerprint density at radius 2 is 1.93 bits per heavy atom. The number of H-pyrrole nitrogens is 1. The van der Waals surface area contributed by atoms with Crippen molar-refractivity contribution in [3.8, 4) is 34.5 Å². The number of furan rings is 1. The van der Waals surface area contributed by atoms with E-state index < -0.39 is 0 Å². The highest BCUT2D eigenvalue weighted by atomic mass is 16.3. The topological polar surface area (TPSA) is 75.8 Å². The van der Waals surface area contributed by atoms with Gasteiger partial charge in [-0.25, -0.2) is 9.67 Å². The first-order valence-electron chi connectivity index (χ1n) is 10.2. The van der Waals surface area contributed by atoms with Crippen molar-refractivity contribution in [2.75, 3.05) is 19.6 Å². The molecule has 7 nitrogen and oxygen atoms in total. The molecule has 0 aromatic carbocycles. The van der Waals surface area contributed by atoms with Gasteiger partial charge in [-0.05, 0) is 55.8 Å². The fourth-order valence-electron chi connectivity index (χ4n) is 3.95. The molecular formula is C22H24N6O. The predicted octanol–water partition coefficient (Wildman–Crippen LogP) is 4.25. The maximum Gasteiger partial charge on any atom is 0.200 e. The molecule has 1 N–H and O–H groups in total. The maximum atomic E-state index is 5.52. The number of pyridine rings is 1. The van der Waals surface area contributed by atoms with E-state index in [1.165, 1.54) is 0 Å². The van der Waals surface area contributed by atoms with Crippen molar-refractivity contribution in [1.29, 1.82) is 0 Å². The van der Waals surface area contributed by atoms with E-state index in [9.17, 15) is 0 Å². The minimum absolute atomic E-state index is 0.327. The van der Waals surface area contributed by atoms with Gasteiger partial charge in [0.1, 0.15) is 11.5 Å². The van der Waals surface area contributed by atoms with Gasteiger partial charge in [0, 0.05) is 19.3 Å². The monoisotopic (exact) mass is 388 g/mol. The molecule has 1 aliphatic heterocycles. The Morgan fingerprint density at radius 1 is 1.07 bits per heavy atom. The molecule has 5 rings (SSSR count). The molecule has 1 aliphatic rings. The average Bonchev–Trinajstić information content (AvgIpc) is 3.54. The number of hydrogen-bond donors (Lipinski definition) is 1. The van der Waals surface area contributed by atoms with Gasteiger partial charge in [0.05, 0.1) is 23.7 Å². The quantitative estimate of drug-likeness (QED) is 0.553.